The first-order valence-electron chi connectivity index (χ1n) is 10.8. The number of anilines is 2. The Bertz CT molecular complexity index is 1600. The number of halogens is 1. The van der Waals surface area contributed by atoms with Gasteiger partial charge in [-0.1, -0.05) is 36.5 Å². The molecule has 2 amide bonds. The molecule has 0 aliphatic carbocycles. The van der Waals surface area contributed by atoms with Crippen molar-refractivity contribution in [1.29, 1.82) is 0 Å². The Hall–Kier alpha value is -3.92. The maximum Gasteiger partial charge on any atom is 0.297 e. The van der Waals surface area contributed by atoms with Gasteiger partial charge in [0.05, 0.1) is 16.6 Å². The molecule has 10 heteroatoms. The molecular formula is C24H17FN4O4S. The van der Waals surface area contributed by atoms with Crippen LogP contribution in [0.1, 0.15) is 40.5 Å². The second-order valence-electron chi connectivity index (χ2n) is 8.03. The highest BCUT2D eigenvalue weighted by Crippen LogP contribution is 2.54. The molecule has 4 heterocycles. The zero-order valence-corrected chi connectivity index (χ0v) is 19.0. The van der Waals surface area contributed by atoms with E-state index < -0.39 is 28.6 Å². The molecule has 0 saturated carbocycles. The number of carbonyl (C=O) groups excluding carboxylic acids is 2. The monoisotopic (exact) mass is 476 g/mol. The molecule has 2 aromatic carbocycles. The van der Waals surface area contributed by atoms with E-state index in [2.05, 4.69) is 10.2 Å². The molecule has 2 aliphatic rings. The van der Waals surface area contributed by atoms with Gasteiger partial charge in [0.25, 0.3) is 11.8 Å². The van der Waals surface area contributed by atoms with Crippen LogP contribution in [0.2, 0.25) is 0 Å². The predicted molar refractivity (Wildman–Crippen MR) is 124 cm³/mol. The lowest BCUT2D eigenvalue weighted by atomic mass is 9.84. The van der Waals surface area contributed by atoms with E-state index in [9.17, 15) is 18.8 Å². The number of hydrogen-bond donors (Lipinski definition) is 0. The number of nitrogens with zero attached hydrogens (tertiary/aromatic N) is 4. The summed E-state index contributed by atoms with van der Waals surface area (Å²) in [5.41, 5.74) is -1.48. The number of likely N-dealkylation sites (N-methyl/N-ethyl adjacent to an activating group) is 1. The van der Waals surface area contributed by atoms with Crippen LogP contribution in [0.3, 0.4) is 0 Å². The van der Waals surface area contributed by atoms with Crippen molar-refractivity contribution in [2.24, 2.45) is 0 Å². The number of benzene rings is 2. The molecule has 8 nitrogen and oxygen atoms in total. The minimum atomic E-state index is -1.83. The zero-order chi connectivity index (χ0) is 23.8. The van der Waals surface area contributed by atoms with Crippen LogP contribution in [0, 0.1) is 5.82 Å². The smallest absolute Gasteiger partial charge is 0.297 e. The first-order chi connectivity index (χ1) is 16.4. The fourth-order valence-corrected chi connectivity index (χ4v) is 5.76. The summed E-state index contributed by atoms with van der Waals surface area (Å²) in [7, 11) is 0. The van der Waals surface area contributed by atoms with Gasteiger partial charge in [-0.05, 0) is 37.6 Å². The Labute approximate surface area is 196 Å². The van der Waals surface area contributed by atoms with Crippen LogP contribution in [0.15, 0.2) is 51.7 Å². The van der Waals surface area contributed by atoms with Gasteiger partial charge < -0.3 is 9.32 Å². The maximum absolute atomic E-state index is 14.2. The number of aromatic nitrogens is 2. The van der Waals surface area contributed by atoms with Crippen molar-refractivity contribution in [2.75, 3.05) is 16.3 Å². The van der Waals surface area contributed by atoms with Crippen LogP contribution >= 0.6 is 11.3 Å². The second-order valence-corrected chi connectivity index (χ2v) is 9.07. The second kappa shape index (κ2) is 7.04. The van der Waals surface area contributed by atoms with E-state index in [1.54, 1.807) is 24.3 Å². The highest BCUT2D eigenvalue weighted by Gasteiger charge is 2.66. The minimum Gasteiger partial charge on any atom is -0.450 e. The van der Waals surface area contributed by atoms with E-state index >= 15 is 0 Å². The van der Waals surface area contributed by atoms with Crippen LogP contribution in [-0.2, 0) is 16.8 Å². The van der Waals surface area contributed by atoms with Crippen LogP contribution in [0.25, 0.3) is 11.0 Å². The molecule has 0 fully saturated rings. The average Bonchev–Trinajstić information content (AvgIpc) is 3.48. The third kappa shape index (κ3) is 2.38. The predicted octanol–water partition coefficient (Wildman–Crippen LogP) is 3.62. The molecular weight excluding hydrogens is 459 g/mol. The highest BCUT2D eigenvalue weighted by atomic mass is 32.1. The lowest BCUT2D eigenvalue weighted by Crippen LogP contribution is -2.53. The largest absolute Gasteiger partial charge is 0.450 e. The molecule has 1 spiro atoms. The van der Waals surface area contributed by atoms with Crippen LogP contribution in [0.4, 0.5) is 15.2 Å². The molecule has 4 aromatic rings. The third-order valence-corrected chi connectivity index (χ3v) is 7.41. The van der Waals surface area contributed by atoms with E-state index in [0.29, 0.717) is 29.2 Å². The van der Waals surface area contributed by atoms with Crippen LogP contribution < -0.4 is 15.2 Å². The third-order valence-electron chi connectivity index (χ3n) is 6.35. The van der Waals surface area contributed by atoms with E-state index in [4.69, 9.17) is 4.42 Å². The van der Waals surface area contributed by atoms with E-state index in [1.807, 2.05) is 13.8 Å². The van der Waals surface area contributed by atoms with Crippen molar-refractivity contribution in [3.63, 3.8) is 0 Å². The number of carbonyl (C=O) groups is 2. The van der Waals surface area contributed by atoms with E-state index in [1.165, 1.54) is 27.2 Å². The fourth-order valence-electron chi connectivity index (χ4n) is 4.93. The lowest BCUT2D eigenvalue weighted by molar-refractivity contribution is -0.121. The molecule has 170 valence electrons. The summed E-state index contributed by atoms with van der Waals surface area (Å²) >= 11 is 1.17. The van der Waals surface area contributed by atoms with Crippen LogP contribution in [-0.4, -0.2) is 28.6 Å². The molecule has 1 atom stereocenters. The standard InChI is InChI=1S/C24H17FN4O4S/c1-3-17-26-27-23(34-17)29-21(31)20-18(19(30)13-11-12(25)9-10-16(13)33-20)24(29)14-7-5-6-8-15(14)28(4-2)22(24)32/h5-11H,3-4H2,1-2H3. The van der Waals surface area contributed by atoms with Crippen molar-refractivity contribution in [2.45, 2.75) is 25.8 Å². The van der Waals surface area contributed by atoms with Gasteiger partial charge in [-0.15, -0.1) is 10.2 Å². The van der Waals surface area contributed by atoms with Gasteiger partial charge >= 0.3 is 0 Å². The quantitative estimate of drug-likeness (QED) is 0.448. The normalized spacial score (nSPS) is 18.9. The topological polar surface area (TPSA) is 96.6 Å². The minimum absolute atomic E-state index is 0.0421. The molecule has 34 heavy (non-hydrogen) atoms. The van der Waals surface area contributed by atoms with Gasteiger partial charge in [0, 0.05) is 12.1 Å². The van der Waals surface area contributed by atoms with Gasteiger partial charge in [0.15, 0.2) is 11.0 Å². The van der Waals surface area contributed by atoms with Crippen LogP contribution in [0.5, 0.6) is 0 Å². The van der Waals surface area contributed by atoms with Crippen molar-refractivity contribution < 1.29 is 18.4 Å². The molecule has 0 saturated heterocycles. The van der Waals surface area contributed by atoms with Crippen molar-refractivity contribution in [3.05, 3.63) is 80.4 Å². The van der Waals surface area contributed by atoms with Gasteiger partial charge in [0.1, 0.15) is 16.4 Å². The van der Waals surface area contributed by atoms with Gasteiger partial charge in [0.2, 0.25) is 10.9 Å². The number of rotatable bonds is 3. The number of aryl methyl sites for hydroxylation is 1. The Morgan fingerprint density at radius 1 is 1.09 bits per heavy atom. The number of hydrogen-bond acceptors (Lipinski definition) is 7. The van der Waals surface area contributed by atoms with Crippen molar-refractivity contribution >= 4 is 44.9 Å². The molecule has 0 N–H and O–H groups in total. The molecule has 1 unspecified atom stereocenters. The summed E-state index contributed by atoms with van der Waals surface area (Å²) in [5, 5.41) is 9.14. The molecule has 0 radical (unpaired) electrons. The molecule has 0 bridgehead atoms. The van der Waals surface area contributed by atoms with Crippen molar-refractivity contribution in [3.8, 4) is 0 Å². The summed E-state index contributed by atoms with van der Waals surface area (Å²) in [6.07, 6.45) is 0.589. The maximum atomic E-state index is 14.2. The summed E-state index contributed by atoms with van der Waals surface area (Å²) in [6.45, 7) is 4.04. The summed E-state index contributed by atoms with van der Waals surface area (Å²) in [6, 6.07) is 10.5. The van der Waals surface area contributed by atoms with Crippen molar-refractivity contribution in [1.82, 2.24) is 10.2 Å². The first-order valence-corrected chi connectivity index (χ1v) is 11.6. The summed E-state index contributed by atoms with van der Waals surface area (Å²) in [5.74, 6) is -2.02. The van der Waals surface area contributed by atoms with Gasteiger partial charge in [-0.25, -0.2) is 4.39 Å². The summed E-state index contributed by atoms with van der Waals surface area (Å²) < 4.78 is 20.0. The highest BCUT2D eigenvalue weighted by molar-refractivity contribution is 7.15. The number of fused-ring (bicyclic) bond motifs is 5. The van der Waals surface area contributed by atoms with Gasteiger partial charge in [-0.3, -0.25) is 19.3 Å². The average molecular weight is 476 g/mol. The van der Waals surface area contributed by atoms with E-state index in [0.717, 1.165) is 12.1 Å². The van der Waals surface area contributed by atoms with E-state index in [-0.39, 0.29) is 27.4 Å². The lowest BCUT2D eigenvalue weighted by Gasteiger charge is -2.31. The molecule has 2 aromatic heterocycles. The number of para-hydroxylation sites is 1. The first kappa shape index (κ1) is 20.7. The number of amides is 2. The Morgan fingerprint density at radius 3 is 2.62 bits per heavy atom. The molecule has 2 aliphatic heterocycles. The van der Waals surface area contributed by atoms with Gasteiger partial charge in [-0.2, -0.15) is 0 Å². The zero-order valence-electron chi connectivity index (χ0n) is 18.2. The Kier molecular flexibility index (Phi) is 4.28. The summed E-state index contributed by atoms with van der Waals surface area (Å²) in [4.78, 5) is 44.6. The fraction of sp³-hybridized carbons (Fsp3) is 0.208. The Balaban J connectivity index is 1.78. The Morgan fingerprint density at radius 2 is 1.88 bits per heavy atom. The SMILES string of the molecule is CCc1nnc(N2C(=O)c3oc4ccc(F)cc4c(=O)c3C23C(=O)N(CC)c2ccccc23)s1. The molecule has 6 rings (SSSR count).